The van der Waals surface area contributed by atoms with Crippen LogP contribution >= 0.6 is 9.24 Å². The number of benzene rings is 1. The Balaban J connectivity index is 2.96. The molecule has 0 aromatic heterocycles. The van der Waals surface area contributed by atoms with Gasteiger partial charge < -0.3 is 0 Å². The van der Waals surface area contributed by atoms with Gasteiger partial charge in [0.2, 0.25) is 0 Å². The minimum absolute atomic E-state index is 1.07. The SMILES string of the molecule is CCc1ccccc1CP. The average Bonchev–Trinajstić information content (AvgIpc) is 2.04. The first-order valence-corrected chi connectivity index (χ1v) is 4.47. The molecule has 1 unspecified atom stereocenters. The monoisotopic (exact) mass is 152 g/mol. The van der Waals surface area contributed by atoms with Crippen LogP contribution in [0.2, 0.25) is 0 Å². The van der Waals surface area contributed by atoms with Crippen LogP contribution < -0.4 is 0 Å². The van der Waals surface area contributed by atoms with E-state index < -0.39 is 0 Å². The molecular formula is C9H13P. The predicted octanol–water partition coefficient (Wildman–Crippen LogP) is 2.62. The van der Waals surface area contributed by atoms with Gasteiger partial charge in [0.15, 0.2) is 0 Å². The van der Waals surface area contributed by atoms with E-state index in [1.165, 1.54) is 11.1 Å². The molecule has 0 saturated carbocycles. The molecule has 54 valence electrons. The minimum atomic E-state index is 1.07. The molecule has 0 fully saturated rings. The number of hydrogen-bond donors (Lipinski definition) is 0. The molecule has 0 aliphatic heterocycles. The molecule has 10 heavy (non-hydrogen) atoms. The molecule has 0 bridgehead atoms. The molecule has 0 aliphatic carbocycles. The highest BCUT2D eigenvalue weighted by Crippen LogP contribution is 2.12. The van der Waals surface area contributed by atoms with Crippen molar-refractivity contribution in [1.82, 2.24) is 0 Å². The third-order valence-corrected chi connectivity index (χ3v) is 2.16. The molecule has 1 aromatic carbocycles. The maximum absolute atomic E-state index is 2.76. The predicted molar refractivity (Wildman–Crippen MR) is 49.2 cm³/mol. The summed E-state index contributed by atoms with van der Waals surface area (Å²) in [6.07, 6.45) is 2.22. The largest absolute Gasteiger partial charge is 0.133 e. The van der Waals surface area contributed by atoms with E-state index in [9.17, 15) is 0 Å². The summed E-state index contributed by atoms with van der Waals surface area (Å²) in [5, 5.41) is 0. The Morgan fingerprint density at radius 2 is 1.80 bits per heavy atom. The second-order valence-corrected chi connectivity index (χ2v) is 2.73. The summed E-state index contributed by atoms with van der Waals surface area (Å²) in [7, 11) is 2.76. The summed E-state index contributed by atoms with van der Waals surface area (Å²) in [5.74, 6) is 0. The molecule has 0 radical (unpaired) electrons. The van der Waals surface area contributed by atoms with Crippen molar-refractivity contribution in [2.75, 3.05) is 0 Å². The zero-order valence-corrected chi connectivity index (χ0v) is 7.46. The maximum Gasteiger partial charge on any atom is -0.0126 e. The van der Waals surface area contributed by atoms with E-state index in [1.807, 2.05) is 0 Å². The van der Waals surface area contributed by atoms with Crippen LogP contribution in [-0.4, -0.2) is 0 Å². The molecule has 0 N–H and O–H groups in total. The van der Waals surface area contributed by atoms with Crippen molar-refractivity contribution in [1.29, 1.82) is 0 Å². The number of hydrogen-bond acceptors (Lipinski definition) is 0. The lowest BCUT2D eigenvalue weighted by Crippen LogP contribution is -1.86. The van der Waals surface area contributed by atoms with Gasteiger partial charge in [0, 0.05) is 0 Å². The number of rotatable bonds is 2. The molecule has 0 nitrogen and oxygen atoms in total. The Labute approximate surface area is 64.9 Å². The van der Waals surface area contributed by atoms with Crippen LogP contribution in [0.25, 0.3) is 0 Å². The molecule has 0 saturated heterocycles. The fourth-order valence-corrected chi connectivity index (χ4v) is 1.50. The molecule has 1 aromatic rings. The molecule has 0 aliphatic rings. The first-order valence-electron chi connectivity index (χ1n) is 3.65. The van der Waals surface area contributed by atoms with Gasteiger partial charge in [-0.05, 0) is 23.7 Å². The van der Waals surface area contributed by atoms with Crippen molar-refractivity contribution in [3.05, 3.63) is 35.4 Å². The Morgan fingerprint density at radius 3 is 2.20 bits per heavy atom. The highest BCUT2D eigenvalue weighted by atomic mass is 31.0. The van der Waals surface area contributed by atoms with Crippen LogP contribution in [-0.2, 0) is 12.6 Å². The van der Waals surface area contributed by atoms with Crippen LogP contribution in [0.5, 0.6) is 0 Å². The van der Waals surface area contributed by atoms with Crippen LogP contribution in [0.3, 0.4) is 0 Å². The zero-order valence-electron chi connectivity index (χ0n) is 6.30. The Hall–Kier alpha value is -0.350. The van der Waals surface area contributed by atoms with Gasteiger partial charge in [0.1, 0.15) is 0 Å². The summed E-state index contributed by atoms with van der Waals surface area (Å²) in [6, 6.07) is 8.58. The van der Waals surface area contributed by atoms with Crippen molar-refractivity contribution >= 4 is 9.24 Å². The van der Waals surface area contributed by atoms with Gasteiger partial charge in [-0.25, -0.2) is 0 Å². The normalized spacial score (nSPS) is 9.80. The molecule has 1 heteroatoms. The van der Waals surface area contributed by atoms with E-state index in [4.69, 9.17) is 0 Å². The quantitative estimate of drug-likeness (QED) is 0.571. The Kier molecular flexibility index (Phi) is 2.89. The van der Waals surface area contributed by atoms with Crippen molar-refractivity contribution in [2.24, 2.45) is 0 Å². The van der Waals surface area contributed by atoms with E-state index in [1.54, 1.807) is 0 Å². The lowest BCUT2D eigenvalue weighted by atomic mass is 10.1. The molecular weight excluding hydrogens is 139 g/mol. The average molecular weight is 152 g/mol. The van der Waals surface area contributed by atoms with Gasteiger partial charge in [0.25, 0.3) is 0 Å². The second-order valence-electron chi connectivity index (χ2n) is 2.33. The van der Waals surface area contributed by atoms with Gasteiger partial charge in [-0.1, -0.05) is 31.2 Å². The molecule has 1 atom stereocenters. The number of aryl methyl sites for hydroxylation is 1. The van der Waals surface area contributed by atoms with Gasteiger partial charge in [-0.2, -0.15) is 0 Å². The van der Waals surface area contributed by atoms with Gasteiger partial charge >= 0.3 is 0 Å². The van der Waals surface area contributed by atoms with Crippen molar-refractivity contribution < 1.29 is 0 Å². The van der Waals surface area contributed by atoms with Crippen LogP contribution in [0.4, 0.5) is 0 Å². The molecule has 0 heterocycles. The highest BCUT2D eigenvalue weighted by Gasteiger charge is 1.93. The first kappa shape index (κ1) is 7.75. The topological polar surface area (TPSA) is 0 Å². The molecule has 1 rings (SSSR count). The smallest absolute Gasteiger partial charge is 0.0126 e. The fraction of sp³-hybridized carbons (Fsp3) is 0.333. The summed E-state index contributed by atoms with van der Waals surface area (Å²) in [4.78, 5) is 0. The summed E-state index contributed by atoms with van der Waals surface area (Å²) >= 11 is 0. The minimum Gasteiger partial charge on any atom is -0.133 e. The summed E-state index contributed by atoms with van der Waals surface area (Å²) < 4.78 is 0. The Bertz CT molecular complexity index is 183. The van der Waals surface area contributed by atoms with E-state index in [2.05, 4.69) is 40.4 Å². The van der Waals surface area contributed by atoms with Crippen LogP contribution in [0.1, 0.15) is 18.1 Å². The van der Waals surface area contributed by atoms with E-state index in [0.717, 1.165) is 12.6 Å². The van der Waals surface area contributed by atoms with Gasteiger partial charge in [-0.15, -0.1) is 9.24 Å². The summed E-state index contributed by atoms with van der Waals surface area (Å²) in [6.45, 7) is 2.19. The van der Waals surface area contributed by atoms with E-state index in [-0.39, 0.29) is 0 Å². The molecule has 0 spiro atoms. The van der Waals surface area contributed by atoms with Crippen LogP contribution in [0.15, 0.2) is 24.3 Å². The standard InChI is InChI=1S/C9H13P/c1-2-8-5-3-4-6-9(8)7-10/h3-6H,2,7,10H2,1H3. The second kappa shape index (κ2) is 3.73. The van der Waals surface area contributed by atoms with Crippen LogP contribution in [0, 0.1) is 0 Å². The third kappa shape index (κ3) is 1.58. The van der Waals surface area contributed by atoms with Crippen molar-refractivity contribution in [3.63, 3.8) is 0 Å². The fourth-order valence-electron chi connectivity index (χ4n) is 1.10. The van der Waals surface area contributed by atoms with Crippen molar-refractivity contribution in [3.8, 4) is 0 Å². The maximum atomic E-state index is 2.76. The Morgan fingerprint density at radius 1 is 1.20 bits per heavy atom. The lowest BCUT2D eigenvalue weighted by Gasteiger charge is -2.02. The third-order valence-electron chi connectivity index (χ3n) is 1.72. The van der Waals surface area contributed by atoms with Crippen molar-refractivity contribution in [2.45, 2.75) is 19.5 Å². The molecule has 0 amide bonds. The van der Waals surface area contributed by atoms with E-state index in [0.29, 0.717) is 0 Å². The van der Waals surface area contributed by atoms with Gasteiger partial charge in [-0.3, -0.25) is 0 Å². The van der Waals surface area contributed by atoms with Gasteiger partial charge in [0.05, 0.1) is 0 Å². The highest BCUT2D eigenvalue weighted by molar-refractivity contribution is 7.15. The first-order chi connectivity index (χ1) is 4.88. The zero-order chi connectivity index (χ0) is 7.40. The van der Waals surface area contributed by atoms with E-state index >= 15 is 0 Å². The summed E-state index contributed by atoms with van der Waals surface area (Å²) in [5.41, 5.74) is 2.92. The lowest BCUT2D eigenvalue weighted by molar-refractivity contribution is 1.10.